The molecular formula is C16H22N2O2. The monoisotopic (exact) mass is 274 g/mol. The molecule has 1 heterocycles. The summed E-state index contributed by atoms with van der Waals surface area (Å²) in [5.74, 6) is -0.187. The quantitative estimate of drug-likeness (QED) is 0.832. The lowest BCUT2D eigenvalue weighted by atomic mass is 10.1. The van der Waals surface area contributed by atoms with Gasteiger partial charge in [-0.05, 0) is 24.5 Å². The summed E-state index contributed by atoms with van der Waals surface area (Å²) in [6, 6.07) is 8.29. The first-order valence-electron chi connectivity index (χ1n) is 7.09. The summed E-state index contributed by atoms with van der Waals surface area (Å²) in [6.07, 6.45) is 2.88. The summed E-state index contributed by atoms with van der Waals surface area (Å²) in [5.41, 5.74) is 8.81. The number of carbonyl (C=O) groups is 1. The van der Waals surface area contributed by atoms with Gasteiger partial charge in [0.25, 0.3) is 0 Å². The van der Waals surface area contributed by atoms with Gasteiger partial charge in [0.2, 0.25) is 0 Å². The number of carbonyl (C=O) groups excluding carboxylic acids is 1. The second kappa shape index (κ2) is 7.22. The largest absolute Gasteiger partial charge is 0.463 e. The molecule has 20 heavy (non-hydrogen) atoms. The third kappa shape index (κ3) is 3.92. The fourth-order valence-electron chi connectivity index (χ4n) is 2.43. The van der Waals surface area contributed by atoms with Crippen LogP contribution in [0.1, 0.15) is 24.5 Å². The SMILES string of the molecule is CCOC(=O)C1=CCCN(Cc2cccc(CN)c2)C1. The Balaban J connectivity index is 1.97. The molecule has 2 N–H and O–H groups in total. The van der Waals surface area contributed by atoms with Gasteiger partial charge in [-0.25, -0.2) is 4.79 Å². The van der Waals surface area contributed by atoms with Crippen LogP contribution >= 0.6 is 0 Å². The van der Waals surface area contributed by atoms with E-state index in [2.05, 4.69) is 17.0 Å². The van der Waals surface area contributed by atoms with Gasteiger partial charge in [0, 0.05) is 31.8 Å². The molecule has 0 aliphatic carbocycles. The molecule has 1 aliphatic rings. The van der Waals surface area contributed by atoms with Crippen LogP contribution in [0.2, 0.25) is 0 Å². The molecule has 0 amide bonds. The number of rotatable bonds is 5. The average molecular weight is 274 g/mol. The van der Waals surface area contributed by atoms with E-state index in [1.54, 1.807) is 0 Å². The highest BCUT2D eigenvalue weighted by molar-refractivity contribution is 5.89. The standard InChI is InChI=1S/C16H22N2O2/c1-2-20-16(19)15-7-4-8-18(12-15)11-14-6-3-5-13(9-14)10-17/h3,5-7,9H,2,4,8,10-12,17H2,1H3. The molecule has 2 rings (SSSR count). The van der Waals surface area contributed by atoms with Crippen LogP contribution in [0.25, 0.3) is 0 Å². The van der Waals surface area contributed by atoms with E-state index in [1.165, 1.54) is 5.56 Å². The normalized spacial score (nSPS) is 15.8. The van der Waals surface area contributed by atoms with Crippen LogP contribution in [0.4, 0.5) is 0 Å². The molecule has 1 aliphatic heterocycles. The second-order valence-corrected chi connectivity index (χ2v) is 4.97. The fourth-order valence-corrected chi connectivity index (χ4v) is 2.43. The Labute approximate surface area is 120 Å². The smallest absolute Gasteiger partial charge is 0.334 e. The van der Waals surface area contributed by atoms with Crippen LogP contribution < -0.4 is 5.73 Å². The molecule has 0 radical (unpaired) electrons. The average Bonchev–Trinajstić information content (AvgIpc) is 2.48. The van der Waals surface area contributed by atoms with Gasteiger partial charge in [0.1, 0.15) is 0 Å². The Bertz CT molecular complexity index is 497. The zero-order valence-electron chi connectivity index (χ0n) is 12.0. The van der Waals surface area contributed by atoms with Crippen molar-refractivity contribution in [3.05, 3.63) is 47.0 Å². The van der Waals surface area contributed by atoms with E-state index in [9.17, 15) is 4.79 Å². The van der Waals surface area contributed by atoms with Crippen molar-refractivity contribution in [3.63, 3.8) is 0 Å². The maximum Gasteiger partial charge on any atom is 0.334 e. The molecule has 4 nitrogen and oxygen atoms in total. The first kappa shape index (κ1) is 14.8. The van der Waals surface area contributed by atoms with E-state index in [0.29, 0.717) is 19.7 Å². The van der Waals surface area contributed by atoms with Gasteiger partial charge >= 0.3 is 5.97 Å². The van der Waals surface area contributed by atoms with Gasteiger partial charge in [-0.1, -0.05) is 30.3 Å². The Hall–Kier alpha value is -1.65. The summed E-state index contributed by atoms with van der Waals surface area (Å²) >= 11 is 0. The summed E-state index contributed by atoms with van der Waals surface area (Å²) in [5, 5.41) is 0. The lowest BCUT2D eigenvalue weighted by molar-refractivity contribution is -0.138. The van der Waals surface area contributed by atoms with Crippen molar-refractivity contribution >= 4 is 5.97 Å². The van der Waals surface area contributed by atoms with Gasteiger partial charge in [-0.2, -0.15) is 0 Å². The van der Waals surface area contributed by atoms with E-state index in [4.69, 9.17) is 10.5 Å². The summed E-state index contributed by atoms with van der Waals surface area (Å²) in [7, 11) is 0. The Kier molecular flexibility index (Phi) is 5.32. The number of nitrogens with zero attached hydrogens (tertiary/aromatic N) is 1. The van der Waals surface area contributed by atoms with Crippen molar-refractivity contribution in [2.24, 2.45) is 5.73 Å². The molecule has 0 saturated carbocycles. The van der Waals surface area contributed by atoms with Crippen LogP contribution in [0.15, 0.2) is 35.9 Å². The van der Waals surface area contributed by atoms with Gasteiger partial charge in [-0.15, -0.1) is 0 Å². The highest BCUT2D eigenvalue weighted by Crippen LogP contribution is 2.15. The first-order valence-corrected chi connectivity index (χ1v) is 7.09. The van der Waals surface area contributed by atoms with Crippen molar-refractivity contribution in [3.8, 4) is 0 Å². The fraction of sp³-hybridized carbons (Fsp3) is 0.438. The molecule has 1 aromatic carbocycles. The van der Waals surface area contributed by atoms with Crippen molar-refractivity contribution in [1.29, 1.82) is 0 Å². The minimum absolute atomic E-state index is 0.187. The third-order valence-corrected chi connectivity index (χ3v) is 3.40. The highest BCUT2D eigenvalue weighted by atomic mass is 16.5. The number of benzene rings is 1. The van der Waals surface area contributed by atoms with Gasteiger partial charge in [0.05, 0.1) is 6.61 Å². The van der Waals surface area contributed by atoms with Gasteiger partial charge in [-0.3, -0.25) is 4.90 Å². The maximum atomic E-state index is 11.8. The maximum absolute atomic E-state index is 11.8. The van der Waals surface area contributed by atoms with Crippen LogP contribution in [-0.2, 0) is 22.6 Å². The molecule has 4 heteroatoms. The van der Waals surface area contributed by atoms with E-state index in [1.807, 2.05) is 25.1 Å². The number of ether oxygens (including phenoxy) is 1. The predicted molar refractivity (Wildman–Crippen MR) is 78.9 cm³/mol. The van der Waals surface area contributed by atoms with Crippen molar-refractivity contribution in [2.45, 2.75) is 26.4 Å². The first-order chi connectivity index (χ1) is 9.72. The second-order valence-electron chi connectivity index (χ2n) is 4.97. The van der Waals surface area contributed by atoms with Gasteiger partial charge in [0.15, 0.2) is 0 Å². The molecule has 0 saturated heterocycles. The van der Waals surface area contributed by atoms with Crippen molar-refractivity contribution < 1.29 is 9.53 Å². The third-order valence-electron chi connectivity index (χ3n) is 3.40. The Morgan fingerprint density at radius 2 is 2.20 bits per heavy atom. The predicted octanol–water partition coefficient (Wildman–Crippen LogP) is 1.84. The van der Waals surface area contributed by atoms with E-state index in [-0.39, 0.29) is 5.97 Å². The van der Waals surface area contributed by atoms with Crippen molar-refractivity contribution in [1.82, 2.24) is 4.90 Å². The zero-order valence-corrected chi connectivity index (χ0v) is 12.0. The Morgan fingerprint density at radius 3 is 2.95 bits per heavy atom. The molecule has 1 aromatic rings. The van der Waals surface area contributed by atoms with Crippen LogP contribution in [0.5, 0.6) is 0 Å². The Morgan fingerprint density at radius 1 is 1.40 bits per heavy atom. The topological polar surface area (TPSA) is 55.6 Å². The minimum Gasteiger partial charge on any atom is -0.463 e. The number of hydrogen-bond donors (Lipinski definition) is 1. The molecule has 0 aromatic heterocycles. The van der Waals surface area contributed by atoms with Crippen LogP contribution in [0.3, 0.4) is 0 Å². The van der Waals surface area contributed by atoms with E-state index < -0.39 is 0 Å². The van der Waals surface area contributed by atoms with Crippen molar-refractivity contribution in [2.75, 3.05) is 19.7 Å². The highest BCUT2D eigenvalue weighted by Gasteiger charge is 2.18. The van der Waals surface area contributed by atoms with E-state index >= 15 is 0 Å². The summed E-state index contributed by atoms with van der Waals surface area (Å²) in [4.78, 5) is 14.0. The molecule has 0 fully saturated rings. The van der Waals surface area contributed by atoms with Crippen LogP contribution in [0, 0.1) is 0 Å². The molecule has 0 unspecified atom stereocenters. The molecule has 0 spiro atoms. The summed E-state index contributed by atoms with van der Waals surface area (Å²) in [6.45, 7) is 5.28. The summed E-state index contributed by atoms with van der Waals surface area (Å²) < 4.78 is 5.07. The molecule has 108 valence electrons. The lowest BCUT2D eigenvalue weighted by Gasteiger charge is -2.26. The van der Waals surface area contributed by atoms with Gasteiger partial charge < -0.3 is 10.5 Å². The number of nitrogens with two attached hydrogens (primary N) is 1. The lowest BCUT2D eigenvalue weighted by Crippen LogP contribution is -2.32. The molecule has 0 atom stereocenters. The zero-order chi connectivity index (χ0) is 14.4. The van der Waals surface area contributed by atoms with Crippen LogP contribution in [-0.4, -0.2) is 30.6 Å². The minimum atomic E-state index is -0.187. The number of esters is 1. The number of hydrogen-bond acceptors (Lipinski definition) is 4. The molecule has 0 bridgehead atoms. The van der Waals surface area contributed by atoms with E-state index in [0.717, 1.165) is 30.6 Å². The molecular weight excluding hydrogens is 252 g/mol.